The number of carboxylic acids is 1. The van der Waals surface area contributed by atoms with E-state index >= 15 is 0 Å². The number of pyridine rings is 1. The first-order chi connectivity index (χ1) is 9.83. The Hall–Kier alpha value is -2.26. The summed E-state index contributed by atoms with van der Waals surface area (Å²) in [5.41, 5.74) is 0.153. The number of aryl methyl sites for hydroxylation is 1. The van der Waals surface area contributed by atoms with Crippen LogP contribution in [0.1, 0.15) is 34.8 Å². The summed E-state index contributed by atoms with van der Waals surface area (Å²) >= 11 is 0. The van der Waals surface area contributed by atoms with Gasteiger partial charge in [-0.25, -0.2) is 17.9 Å². The summed E-state index contributed by atoms with van der Waals surface area (Å²) in [5.74, 6) is -1.41. The predicted molar refractivity (Wildman–Crippen MR) is 73.3 cm³/mol. The molecule has 0 aliphatic rings. The number of rotatable bonds is 5. The van der Waals surface area contributed by atoms with E-state index in [-0.39, 0.29) is 10.6 Å². The Morgan fingerprint density at radius 1 is 1.43 bits per heavy atom. The molecule has 2 aromatic heterocycles. The van der Waals surface area contributed by atoms with E-state index in [2.05, 4.69) is 19.9 Å². The van der Waals surface area contributed by atoms with Crippen molar-refractivity contribution in [3.63, 3.8) is 0 Å². The molecule has 2 rings (SSSR count). The first-order valence-electron chi connectivity index (χ1n) is 6.04. The fourth-order valence-corrected chi connectivity index (χ4v) is 3.42. The molecule has 21 heavy (non-hydrogen) atoms. The van der Waals surface area contributed by atoms with E-state index in [1.54, 1.807) is 31.3 Å². The van der Waals surface area contributed by atoms with Gasteiger partial charge in [-0.05, 0) is 26.0 Å². The second kappa shape index (κ2) is 5.62. The van der Waals surface area contributed by atoms with Crippen LogP contribution in [0.4, 0.5) is 0 Å². The number of carbonyl (C=O) groups is 1. The summed E-state index contributed by atoms with van der Waals surface area (Å²) < 4.78 is 27.1. The number of sulfonamides is 1. The second-order valence-corrected chi connectivity index (χ2v) is 6.08. The molecule has 9 heteroatoms. The largest absolute Gasteiger partial charge is 0.476 e. The molecule has 2 aromatic rings. The van der Waals surface area contributed by atoms with Crippen molar-refractivity contribution >= 4 is 16.0 Å². The van der Waals surface area contributed by atoms with Gasteiger partial charge in [-0.1, -0.05) is 6.07 Å². The first-order valence-corrected chi connectivity index (χ1v) is 7.52. The van der Waals surface area contributed by atoms with Crippen LogP contribution in [0.15, 0.2) is 29.3 Å². The molecule has 0 aliphatic carbocycles. The number of carboxylic acid groups (broad SMARTS) is 1. The van der Waals surface area contributed by atoms with E-state index in [1.807, 2.05) is 0 Å². The zero-order chi connectivity index (χ0) is 15.6. The normalized spacial score (nSPS) is 13.0. The highest BCUT2D eigenvalue weighted by Gasteiger charge is 2.29. The van der Waals surface area contributed by atoms with Crippen molar-refractivity contribution in [2.45, 2.75) is 24.8 Å². The summed E-state index contributed by atoms with van der Waals surface area (Å²) in [5, 5.41) is 14.9. The number of nitrogens with one attached hydrogen (secondary N) is 2. The summed E-state index contributed by atoms with van der Waals surface area (Å²) in [6, 6.07) is 4.52. The molecule has 0 aromatic carbocycles. The molecule has 3 N–H and O–H groups in total. The fourth-order valence-electron chi connectivity index (χ4n) is 1.88. The van der Waals surface area contributed by atoms with Gasteiger partial charge in [-0.2, -0.15) is 5.10 Å². The van der Waals surface area contributed by atoms with Crippen LogP contribution in [0.25, 0.3) is 0 Å². The van der Waals surface area contributed by atoms with Gasteiger partial charge in [0.2, 0.25) is 10.0 Å². The fraction of sp³-hybridized carbons (Fsp3) is 0.250. The third-order valence-electron chi connectivity index (χ3n) is 2.83. The number of H-pyrrole nitrogens is 1. The van der Waals surface area contributed by atoms with Gasteiger partial charge in [-0.15, -0.1) is 0 Å². The highest BCUT2D eigenvalue weighted by Crippen LogP contribution is 2.20. The number of hydrogen-bond acceptors (Lipinski definition) is 5. The van der Waals surface area contributed by atoms with Crippen LogP contribution in [0.2, 0.25) is 0 Å². The Morgan fingerprint density at radius 3 is 2.71 bits per heavy atom. The van der Waals surface area contributed by atoms with Gasteiger partial charge >= 0.3 is 5.97 Å². The van der Waals surface area contributed by atoms with E-state index in [0.29, 0.717) is 5.69 Å². The maximum Gasteiger partial charge on any atom is 0.357 e. The molecular formula is C12H14N4O4S. The second-order valence-electron chi connectivity index (χ2n) is 4.43. The van der Waals surface area contributed by atoms with Gasteiger partial charge in [0, 0.05) is 6.20 Å². The number of aromatic carboxylic acids is 1. The SMILES string of the molecule is Cc1[nH]nc(C(=O)O)c1S(=O)(=O)N[C@H](C)c1ccccn1. The highest BCUT2D eigenvalue weighted by atomic mass is 32.2. The Bertz CT molecular complexity index is 755. The topological polar surface area (TPSA) is 125 Å². The van der Waals surface area contributed by atoms with Gasteiger partial charge in [0.15, 0.2) is 5.69 Å². The Morgan fingerprint density at radius 2 is 2.14 bits per heavy atom. The van der Waals surface area contributed by atoms with Gasteiger partial charge in [0.25, 0.3) is 0 Å². The average molecular weight is 310 g/mol. The molecule has 1 atom stereocenters. The molecule has 0 aliphatic heterocycles. The molecule has 0 spiro atoms. The predicted octanol–water partition coefficient (Wildman–Crippen LogP) is 0.851. The standard InChI is InChI=1S/C12H14N4O4S/c1-7(9-5-3-4-6-13-9)16-21(19,20)11-8(2)14-15-10(11)12(17)18/h3-7,16H,1-2H3,(H,14,15)(H,17,18)/t7-/m1/s1. The maximum absolute atomic E-state index is 12.4. The third kappa shape index (κ3) is 3.09. The first kappa shape index (κ1) is 15.1. The van der Waals surface area contributed by atoms with E-state index in [9.17, 15) is 13.2 Å². The minimum Gasteiger partial charge on any atom is -0.476 e. The lowest BCUT2D eigenvalue weighted by Gasteiger charge is -2.13. The van der Waals surface area contributed by atoms with E-state index in [0.717, 1.165) is 0 Å². The zero-order valence-electron chi connectivity index (χ0n) is 11.4. The molecule has 0 amide bonds. The molecule has 0 saturated heterocycles. The summed E-state index contributed by atoms with van der Waals surface area (Å²) in [4.78, 5) is 14.7. The molecule has 112 valence electrons. The van der Waals surface area contributed by atoms with Crippen LogP contribution in [0.5, 0.6) is 0 Å². The molecule has 0 fully saturated rings. The molecule has 2 heterocycles. The van der Waals surface area contributed by atoms with Crippen LogP contribution in [0, 0.1) is 6.92 Å². The van der Waals surface area contributed by atoms with Gasteiger partial charge in [-0.3, -0.25) is 10.1 Å². The molecule has 0 bridgehead atoms. The summed E-state index contributed by atoms with van der Waals surface area (Å²) in [6.45, 7) is 3.06. The van der Waals surface area contributed by atoms with Crippen molar-refractivity contribution in [3.8, 4) is 0 Å². The Kier molecular flexibility index (Phi) is 4.05. The van der Waals surface area contributed by atoms with E-state index in [4.69, 9.17) is 5.11 Å². The van der Waals surface area contributed by atoms with Crippen molar-refractivity contribution in [2.75, 3.05) is 0 Å². The van der Waals surface area contributed by atoms with Crippen LogP contribution in [0.3, 0.4) is 0 Å². The molecule has 0 saturated carbocycles. The van der Waals surface area contributed by atoms with Crippen molar-refractivity contribution < 1.29 is 18.3 Å². The Labute approximate surface area is 121 Å². The Balaban J connectivity index is 2.36. The van der Waals surface area contributed by atoms with Crippen LogP contribution in [-0.2, 0) is 10.0 Å². The smallest absolute Gasteiger partial charge is 0.357 e. The van der Waals surface area contributed by atoms with Crippen molar-refractivity contribution in [1.82, 2.24) is 19.9 Å². The lowest BCUT2D eigenvalue weighted by atomic mass is 10.2. The number of nitrogens with zero attached hydrogens (tertiary/aromatic N) is 2. The molecule has 8 nitrogen and oxygen atoms in total. The van der Waals surface area contributed by atoms with Gasteiger partial charge in [0.05, 0.1) is 17.4 Å². The van der Waals surface area contributed by atoms with Crippen LogP contribution in [-0.4, -0.2) is 34.7 Å². The minimum atomic E-state index is -4.04. The van der Waals surface area contributed by atoms with E-state index in [1.165, 1.54) is 6.92 Å². The molecular weight excluding hydrogens is 296 g/mol. The minimum absolute atomic E-state index is 0.160. The average Bonchev–Trinajstić information content (AvgIpc) is 2.82. The number of aromatic nitrogens is 3. The molecule has 0 radical (unpaired) electrons. The van der Waals surface area contributed by atoms with Crippen molar-refractivity contribution in [3.05, 3.63) is 41.5 Å². The van der Waals surface area contributed by atoms with Crippen LogP contribution >= 0.6 is 0 Å². The highest BCUT2D eigenvalue weighted by molar-refractivity contribution is 7.89. The number of hydrogen-bond donors (Lipinski definition) is 3. The third-order valence-corrected chi connectivity index (χ3v) is 4.53. The van der Waals surface area contributed by atoms with Crippen molar-refractivity contribution in [2.24, 2.45) is 0 Å². The quantitative estimate of drug-likeness (QED) is 0.752. The number of aromatic amines is 1. The van der Waals surface area contributed by atoms with Gasteiger partial charge < -0.3 is 5.11 Å². The van der Waals surface area contributed by atoms with Gasteiger partial charge in [0.1, 0.15) is 4.90 Å². The summed E-state index contributed by atoms with van der Waals surface area (Å²) in [6.07, 6.45) is 1.55. The van der Waals surface area contributed by atoms with Crippen molar-refractivity contribution in [1.29, 1.82) is 0 Å². The van der Waals surface area contributed by atoms with E-state index < -0.39 is 27.7 Å². The zero-order valence-corrected chi connectivity index (χ0v) is 12.2. The lowest BCUT2D eigenvalue weighted by Crippen LogP contribution is -2.29. The maximum atomic E-state index is 12.4. The monoisotopic (exact) mass is 310 g/mol. The van der Waals surface area contributed by atoms with Crippen LogP contribution < -0.4 is 4.72 Å². The molecule has 0 unspecified atom stereocenters. The lowest BCUT2D eigenvalue weighted by molar-refractivity contribution is 0.0686. The summed E-state index contributed by atoms with van der Waals surface area (Å²) in [7, 11) is -4.04.